The highest BCUT2D eigenvalue weighted by Gasteiger charge is 2.31. The molecule has 0 fully saturated rings. The third-order valence-corrected chi connectivity index (χ3v) is 2.81. The molecule has 1 aliphatic heterocycles. The van der Waals surface area contributed by atoms with Crippen molar-refractivity contribution in [2.45, 2.75) is 12.8 Å². The number of aliphatic hydroxyl groups excluding tert-OH is 1. The van der Waals surface area contributed by atoms with Crippen molar-refractivity contribution in [2.24, 2.45) is 0 Å². The summed E-state index contributed by atoms with van der Waals surface area (Å²) in [6.07, 6.45) is -4.68. The van der Waals surface area contributed by atoms with Gasteiger partial charge in [-0.15, -0.1) is 13.2 Å². The number of aliphatic hydroxyl groups is 1. The van der Waals surface area contributed by atoms with Crippen LogP contribution in [0.2, 0.25) is 0 Å². The van der Waals surface area contributed by atoms with E-state index in [1.165, 1.54) is 17.0 Å². The molecule has 1 aromatic carbocycles. The average molecular weight is 298 g/mol. The van der Waals surface area contributed by atoms with Crippen molar-refractivity contribution in [1.29, 1.82) is 5.26 Å². The number of alkyl halides is 3. The second-order valence-electron chi connectivity index (χ2n) is 4.18. The number of halogens is 3. The van der Waals surface area contributed by atoms with Crippen molar-refractivity contribution in [1.82, 2.24) is 0 Å². The second kappa shape index (κ2) is 5.36. The van der Waals surface area contributed by atoms with Gasteiger partial charge in [-0.1, -0.05) is 0 Å². The third-order valence-electron chi connectivity index (χ3n) is 2.81. The lowest BCUT2D eigenvalue weighted by molar-refractivity contribution is -0.274. The van der Waals surface area contributed by atoms with E-state index in [1.54, 1.807) is 6.07 Å². The van der Waals surface area contributed by atoms with Crippen LogP contribution in [0.5, 0.6) is 5.75 Å². The molecule has 8 heteroatoms. The molecule has 1 amide bonds. The molecule has 0 saturated heterocycles. The number of benzene rings is 1. The van der Waals surface area contributed by atoms with Gasteiger partial charge in [0.15, 0.2) is 5.57 Å². The number of rotatable bonds is 2. The first kappa shape index (κ1) is 14.7. The van der Waals surface area contributed by atoms with Crippen LogP contribution in [-0.4, -0.2) is 23.9 Å². The molecule has 1 heterocycles. The number of amides is 1. The summed E-state index contributed by atoms with van der Waals surface area (Å²) in [5.41, 5.74) is -0.0494. The van der Waals surface area contributed by atoms with E-state index in [-0.39, 0.29) is 24.3 Å². The summed E-state index contributed by atoms with van der Waals surface area (Å²) in [5.74, 6) is -1.38. The van der Waals surface area contributed by atoms with E-state index in [2.05, 4.69) is 4.74 Å². The molecule has 0 unspecified atom stereocenters. The smallest absolute Gasteiger partial charge is 0.511 e. The second-order valence-corrected chi connectivity index (χ2v) is 4.18. The molecule has 0 radical (unpaired) electrons. The fourth-order valence-corrected chi connectivity index (χ4v) is 1.89. The number of carbonyl (C=O) groups excluding carboxylic acids is 1. The lowest BCUT2D eigenvalue weighted by atomic mass is 10.1. The Morgan fingerprint density at radius 2 is 1.90 bits per heavy atom. The van der Waals surface area contributed by atoms with Crippen LogP contribution in [0.25, 0.3) is 0 Å². The SMILES string of the molecule is N#CC1=C(O)CCN(c2ccc(OC(F)(F)F)cc2)C1=O. The number of ether oxygens (including phenoxy) is 1. The van der Waals surface area contributed by atoms with Gasteiger partial charge in [-0.25, -0.2) is 0 Å². The van der Waals surface area contributed by atoms with Crippen LogP contribution >= 0.6 is 0 Å². The number of hydrogen-bond acceptors (Lipinski definition) is 4. The first-order valence-electron chi connectivity index (χ1n) is 5.81. The Morgan fingerprint density at radius 3 is 2.43 bits per heavy atom. The van der Waals surface area contributed by atoms with Gasteiger partial charge in [-0.3, -0.25) is 4.79 Å². The molecule has 110 valence electrons. The molecular weight excluding hydrogens is 289 g/mol. The zero-order chi connectivity index (χ0) is 15.6. The molecule has 0 atom stereocenters. The first-order valence-corrected chi connectivity index (χ1v) is 5.81. The Labute approximate surface area is 117 Å². The monoisotopic (exact) mass is 298 g/mol. The van der Waals surface area contributed by atoms with Gasteiger partial charge in [0.05, 0.1) is 0 Å². The average Bonchev–Trinajstić information content (AvgIpc) is 2.39. The molecule has 1 aliphatic rings. The van der Waals surface area contributed by atoms with Crippen LogP contribution in [0.4, 0.5) is 18.9 Å². The molecular formula is C13H9F3N2O3. The minimum Gasteiger partial charge on any atom is -0.511 e. The van der Waals surface area contributed by atoms with E-state index in [0.717, 1.165) is 12.1 Å². The van der Waals surface area contributed by atoms with Crippen LogP contribution in [0, 0.1) is 11.3 Å². The number of anilines is 1. The quantitative estimate of drug-likeness (QED) is 0.911. The van der Waals surface area contributed by atoms with E-state index in [4.69, 9.17) is 5.26 Å². The Hall–Kier alpha value is -2.69. The third kappa shape index (κ3) is 3.25. The Morgan fingerprint density at radius 1 is 1.29 bits per heavy atom. The van der Waals surface area contributed by atoms with Crippen LogP contribution in [0.15, 0.2) is 35.6 Å². The van der Waals surface area contributed by atoms with Gasteiger partial charge in [0, 0.05) is 18.7 Å². The van der Waals surface area contributed by atoms with Crippen LogP contribution in [-0.2, 0) is 4.79 Å². The number of nitriles is 1. The minimum absolute atomic E-state index is 0.107. The summed E-state index contributed by atoms with van der Waals surface area (Å²) in [6, 6.07) is 6.30. The molecule has 1 aromatic rings. The van der Waals surface area contributed by atoms with Gasteiger partial charge in [-0.05, 0) is 24.3 Å². The van der Waals surface area contributed by atoms with Gasteiger partial charge < -0.3 is 14.7 Å². The van der Waals surface area contributed by atoms with Crippen molar-refractivity contribution < 1.29 is 27.8 Å². The van der Waals surface area contributed by atoms with Gasteiger partial charge in [-0.2, -0.15) is 5.26 Å². The summed E-state index contributed by atoms with van der Waals surface area (Å²) in [7, 11) is 0. The van der Waals surface area contributed by atoms with Crippen LogP contribution in [0.1, 0.15) is 6.42 Å². The topological polar surface area (TPSA) is 73.6 Å². The van der Waals surface area contributed by atoms with E-state index < -0.39 is 18.0 Å². The Bertz CT molecular complexity index is 630. The summed E-state index contributed by atoms with van der Waals surface area (Å²) in [6.45, 7) is 0.134. The lowest BCUT2D eigenvalue weighted by Gasteiger charge is -2.26. The highest BCUT2D eigenvalue weighted by molar-refractivity contribution is 6.09. The van der Waals surface area contributed by atoms with Gasteiger partial charge in [0.2, 0.25) is 0 Å². The van der Waals surface area contributed by atoms with E-state index in [0.29, 0.717) is 5.69 Å². The highest BCUT2D eigenvalue weighted by Crippen LogP contribution is 2.28. The van der Waals surface area contributed by atoms with Crippen molar-refractivity contribution in [3.63, 3.8) is 0 Å². The van der Waals surface area contributed by atoms with Crippen molar-refractivity contribution in [3.8, 4) is 11.8 Å². The Balaban J connectivity index is 2.21. The normalized spacial score (nSPS) is 15.9. The fraction of sp³-hybridized carbons (Fsp3) is 0.231. The van der Waals surface area contributed by atoms with E-state index in [1.807, 2.05) is 0 Å². The molecule has 0 aliphatic carbocycles. The predicted molar refractivity (Wildman–Crippen MR) is 65.4 cm³/mol. The molecule has 0 bridgehead atoms. The van der Waals surface area contributed by atoms with Crippen molar-refractivity contribution in [3.05, 3.63) is 35.6 Å². The first-order chi connectivity index (χ1) is 9.81. The van der Waals surface area contributed by atoms with E-state index in [9.17, 15) is 23.1 Å². The standard InChI is InChI=1S/C13H9F3N2O3/c14-13(15,16)21-9-3-1-8(2-4-9)18-6-5-11(19)10(7-17)12(18)20/h1-4,19H,5-6H2. The van der Waals surface area contributed by atoms with E-state index >= 15 is 0 Å². The fourth-order valence-electron chi connectivity index (χ4n) is 1.89. The summed E-state index contributed by atoms with van der Waals surface area (Å²) in [5, 5.41) is 18.2. The maximum Gasteiger partial charge on any atom is 0.573 e. The zero-order valence-corrected chi connectivity index (χ0v) is 10.5. The van der Waals surface area contributed by atoms with Gasteiger partial charge in [0.1, 0.15) is 17.6 Å². The molecule has 2 rings (SSSR count). The molecule has 1 N–H and O–H groups in total. The summed E-state index contributed by atoms with van der Waals surface area (Å²) < 4.78 is 39.9. The number of hydrogen-bond donors (Lipinski definition) is 1. The summed E-state index contributed by atoms with van der Waals surface area (Å²) in [4.78, 5) is 13.2. The number of carbonyl (C=O) groups is 1. The predicted octanol–water partition coefficient (Wildman–Crippen LogP) is 2.66. The maximum atomic E-state index is 12.0. The molecule has 21 heavy (non-hydrogen) atoms. The molecule has 0 spiro atoms. The Kier molecular flexibility index (Phi) is 3.76. The molecule has 0 aromatic heterocycles. The highest BCUT2D eigenvalue weighted by atomic mass is 19.4. The minimum atomic E-state index is -4.79. The maximum absolute atomic E-state index is 12.0. The van der Waals surface area contributed by atoms with Gasteiger partial charge >= 0.3 is 6.36 Å². The summed E-state index contributed by atoms with van der Waals surface area (Å²) >= 11 is 0. The van der Waals surface area contributed by atoms with Gasteiger partial charge in [0.25, 0.3) is 5.91 Å². The lowest BCUT2D eigenvalue weighted by Crippen LogP contribution is -2.37. The van der Waals surface area contributed by atoms with Crippen LogP contribution < -0.4 is 9.64 Å². The zero-order valence-electron chi connectivity index (χ0n) is 10.5. The number of nitrogens with zero attached hydrogens (tertiary/aromatic N) is 2. The van der Waals surface area contributed by atoms with Crippen molar-refractivity contribution >= 4 is 11.6 Å². The van der Waals surface area contributed by atoms with Crippen molar-refractivity contribution in [2.75, 3.05) is 11.4 Å². The molecule has 0 saturated carbocycles. The molecule has 5 nitrogen and oxygen atoms in total. The van der Waals surface area contributed by atoms with Crippen LogP contribution in [0.3, 0.4) is 0 Å². The largest absolute Gasteiger partial charge is 0.573 e.